The molecular weight excluding hydrogens is 534 g/mol. The zero-order valence-corrected chi connectivity index (χ0v) is 26.7. The number of rotatable bonds is 13. The van der Waals surface area contributed by atoms with Crippen LogP contribution < -0.4 is 9.64 Å². The lowest BCUT2D eigenvalue weighted by Gasteiger charge is -2.29. The lowest BCUT2D eigenvalue weighted by atomic mass is 9.75. The molecule has 0 N–H and O–H groups in total. The van der Waals surface area contributed by atoms with Crippen LogP contribution in [0.15, 0.2) is 133 Å². The maximum Gasteiger partial charge on any atom is 0.119 e. The van der Waals surface area contributed by atoms with Gasteiger partial charge in [-0.1, -0.05) is 125 Å². The summed E-state index contributed by atoms with van der Waals surface area (Å²) in [4.78, 5) is 2.27. The first-order valence-electron chi connectivity index (χ1n) is 16.0. The van der Waals surface area contributed by atoms with E-state index in [1.54, 1.807) is 7.11 Å². The number of para-hydroxylation sites is 1. The number of hydrogen-bond acceptors (Lipinski definition) is 2. The summed E-state index contributed by atoms with van der Waals surface area (Å²) >= 11 is 0. The van der Waals surface area contributed by atoms with Gasteiger partial charge in [0.2, 0.25) is 0 Å². The summed E-state index contributed by atoms with van der Waals surface area (Å²) in [7, 11) is 1.70. The number of ether oxygens (including phenoxy) is 1. The first kappa shape index (κ1) is 30.9. The quantitative estimate of drug-likeness (QED) is 0.102. The maximum absolute atomic E-state index is 5.41. The minimum Gasteiger partial charge on any atom is -0.497 e. The number of nitrogens with zero attached hydrogens (tertiary/aromatic N) is 1. The molecule has 0 amide bonds. The van der Waals surface area contributed by atoms with Gasteiger partial charge in [-0.15, -0.1) is 0 Å². The second-order valence-corrected chi connectivity index (χ2v) is 11.8. The van der Waals surface area contributed by atoms with Crippen LogP contribution in [-0.2, 0) is 5.41 Å². The van der Waals surface area contributed by atoms with Gasteiger partial charge in [-0.2, -0.15) is 0 Å². The molecule has 0 aliphatic rings. The Morgan fingerprint density at radius 2 is 1.18 bits per heavy atom. The largest absolute Gasteiger partial charge is 0.497 e. The van der Waals surface area contributed by atoms with Gasteiger partial charge in [-0.25, -0.2) is 0 Å². The van der Waals surface area contributed by atoms with E-state index in [1.165, 1.54) is 47.9 Å². The maximum atomic E-state index is 5.41. The average Bonchev–Trinajstić information content (AvgIpc) is 3.09. The zero-order chi connectivity index (χ0) is 30.8. The van der Waals surface area contributed by atoms with E-state index in [0.717, 1.165) is 34.8 Å². The van der Waals surface area contributed by atoms with Crippen molar-refractivity contribution in [2.45, 2.75) is 58.3 Å². The second kappa shape index (κ2) is 14.8. The van der Waals surface area contributed by atoms with Gasteiger partial charge in [-0.05, 0) is 101 Å². The summed E-state index contributed by atoms with van der Waals surface area (Å²) in [6, 6.07) is 47.6. The van der Waals surface area contributed by atoms with Crippen LogP contribution >= 0.6 is 0 Å². The highest BCUT2D eigenvalue weighted by atomic mass is 16.5. The van der Waals surface area contributed by atoms with Crippen molar-refractivity contribution in [2.75, 3.05) is 12.0 Å². The van der Waals surface area contributed by atoms with Crippen molar-refractivity contribution in [3.8, 4) is 5.75 Å². The molecule has 5 aromatic rings. The molecule has 0 bridgehead atoms. The monoisotopic (exact) mass is 579 g/mol. The van der Waals surface area contributed by atoms with Crippen LogP contribution in [0.25, 0.3) is 11.6 Å². The minimum absolute atomic E-state index is 0.217. The van der Waals surface area contributed by atoms with Crippen molar-refractivity contribution >= 4 is 28.7 Å². The second-order valence-electron chi connectivity index (χ2n) is 11.8. The summed E-state index contributed by atoms with van der Waals surface area (Å²) in [6.45, 7) is 7.04. The van der Waals surface area contributed by atoms with E-state index >= 15 is 0 Å². The highest BCUT2D eigenvalue weighted by Gasteiger charge is 2.24. The van der Waals surface area contributed by atoms with Crippen LogP contribution in [0.2, 0.25) is 0 Å². The Kier molecular flexibility index (Phi) is 10.4. The van der Waals surface area contributed by atoms with Gasteiger partial charge in [-0.3, -0.25) is 0 Å². The van der Waals surface area contributed by atoms with E-state index in [2.05, 4.69) is 153 Å². The van der Waals surface area contributed by atoms with E-state index in [-0.39, 0.29) is 5.41 Å². The van der Waals surface area contributed by atoms with Crippen molar-refractivity contribution in [1.29, 1.82) is 0 Å². The predicted octanol–water partition coefficient (Wildman–Crippen LogP) is 12.0. The molecular formula is C42H45NO. The Bertz CT molecular complexity index is 1600. The molecule has 0 aliphatic heterocycles. The third-order valence-corrected chi connectivity index (χ3v) is 8.90. The Hall–Kier alpha value is -4.56. The van der Waals surface area contributed by atoms with Crippen LogP contribution in [0, 0.1) is 0 Å². The molecule has 44 heavy (non-hydrogen) atoms. The topological polar surface area (TPSA) is 12.5 Å². The Morgan fingerprint density at radius 1 is 0.636 bits per heavy atom. The minimum atomic E-state index is 0.217. The van der Waals surface area contributed by atoms with E-state index in [9.17, 15) is 0 Å². The molecule has 224 valence electrons. The third-order valence-electron chi connectivity index (χ3n) is 8.90. The third kappa shape index (κ3) is 7.32. The normalized spacial score (nSPS) is 12.9. The highest BCUT2D eigenvalue weighted by molar-refractivity contribution is 5.91. The lowest BCUT2D eigenvalue weighted by molar-refractivity contribution is 0.398. The summed E-state index contributed by atoms with van der Waals surface area (Å²) < 4.78 is 5.41. The Labute approximate surface area is 264 Å². The Balaban J connectivity index is 1.48. The molecule has 0 heterocycles. The summed E-state index contributed by atoms with van der Waals surface area (Å²) in [5.41, 5.74) is 9.80. The molecule has 1 atom stereocenters. The number of benzene rings is 5. The standard InChI is InChI=1S/C42H45NO/c1-5-7-14-31-42(3,6-2)36-23-21-35(22-24-36)41(34-15-10-8-11-16-34)32-33-19-25-38(26-20-33)43(37-17-12-9-13-18-37)39-27-29-40(44-4)30-28-39/h8-13,15-30,32H,5-7,14,31H2,1-4H3/b41-32+. The molecule has 1 unspecified atom stereocenters. The lowest BCUT2D eigenvalue weighted by Crippen LogP contribution is -2.20. The SMILES string of the molecule is CCCCCC(C)(CC)c1ccc(/C(=C/c2ccc(N(c3ccccc3)c3ccc(OC)cc3)cc2)c2ccccc2)cc1. The summed E-state index contributed by atoms with van der Waals surface area (Å²) in [6.07, 6.45) is 8.55. The molecule has 0 fully saturated rings. The van der Waals surface area contributed by atoms with Gasteiger partial charge in [0.1, 0.15) is 5.75 Å². The van der Waals surface area contributed by atoms with Crippen molar-refractivity contribution in [2.24, 2.45) is 0 Å². The molecule has 2 nitrogen and oxygen atoms in total. The van der Waals surface area contributed by atoms with Crippen molar-refractivity contribution in [3.63, 3.8) is 0 Å². The predicted molar refractivity (Wildman–Crippen MR) is 189 cm³/mol. The fourth-order valence-corrected chi connectivity index (χ4v) is 5.94. The van der Waals surface area contributed by atoms with Gasteiger partial charge in [0.25, 0.3) is 0 Å². The summed E-state index contributed by atoms with van der Waals surface area (Å²) in [5.74, 6) is 0.847. The van der Waals surface area contributed by atoms with Crippen LogP contribution in [0.4, 0.5) is 17.1 Å². The van der Waals surface area contributed by atoms with E-state index in [4.69, 9.17) is 4.74 Å². The molecule has 0 aliphatic carbocycles. The molecule has 0 spiro atoms. The van der Waals surface area contributed by atoms with E-state index in [0.29, 0.717) is 0 Å². The van der Waals surface area contributed by atoms with Crippen molar-refractivity contribution in [1.82, 2.24) is 0 Å². The zero-order valence-electron chi connectivity index (χ0n) is 26.7. The summed E-state index contributed by atoms with van der Waals surface area (Å²) in [5, 5.41) is 0. The fourth-order valence-electron chi connectivity index (χ4n) is 5.94. The molecule has 2 heteroatoms. The molecule has 0 aromatic heterocycles. The van der Waals surface area contributed by atoms with Gasteiger partial charge >= 0.3 is 0 Å². The smallest absolute Gasteiger partial charge is 0.119 e. The first-order chi connectivity index (χ1) is 21.5. The number of hydrogen-bond donors (Lipinski definition) is 0. The highest BCUT2D eigenvalue weighted by Crippen LogP contribution is 2.37. The number of methoxy groups -OCH3 is 1. The van der Waals surface area contributed by atoms with Crippen molar-refractivity contribution < 1.29 is 4.74 Å². The van der Waals surface area contributed by atoms with Gasteiger partial charge < -0.3 is 9.64 Å². The van der Waals surface area contributed by atoms with Crippen LogP contribution in [-0.4, -0.2) is 7.11 Å². The molecule has 5 aromatic carbocycles. The van der Waals surface area contributed by atoms with Crippen molar-refractivity contribution in [3.05, 3.63) is 156 Å². The number of anilines is 3. The molecule has 0 radical (unpaired) electrons. The fraction of sp³-hybridized carbons (Fsp3) is 0.238. The van der Waals surface area contributed by atoms with Gasteiger partial charge in [0.15, 0.2) is 0 Å². The Morgan fingerprint density at radius 3 is 1.75 bits per heavy atom. The molecule has 0 saturated carbocycles. The first-order valence-corrected chi connectivity index (χ1v) is 16.0. The van der Waals surface area contributed by atoms with E-state index < -0.39 is 0 Å². The van der Waals surface area contributed by atoms with Crippen LogP contribution in [0.5, 0.6) is 5.75 Å². The average molecular weight is 580 g/mol. The molecule has 0 saturated heterocycles. The van der Waals surface area contributed by atoms with Crippen LogP contribution in [0.3, 0.4) is 0 Å². The molecule has 5 rings (SSSR count). The van der Waals surface area contributed by atoms with E-state index in [1.807, 2.05) is 12.1 Å². The number of unbranched alkanes of at least 4 members (excludes halogenated alkanes) is 2. The van der Waals surface area contributed by atoms with Gasteiger partial charge in [0.05, 0.1) is 7.11 Å². The van der Waals surface area contributed by atoms with Gasteiger partial charge in [0, 0.05) is 17.1 Å². The van der Waals surface area contributed by atoms with Crippen LogP contribution in [0.1, 0.15) is 75.1 Å².